The van der Waals surface area contributed by atoms with Crippen molar-refractivity contribution in [3.05, 3.63) is 48.5 Å². The topological polar surface area (TPSA) is 73.4 Å². The SMILES string of the molecule is C[C@]1(c2cccc(-c3cncnc3)c2)N=C(N)CO[C@H]1C(F)F. The molecular formula is C16H16F2N4O. The van der Waals surface area contributed by atoms with E-state index >= 15 is 0 Å². The maximum absolute atomic E-state index is 13.4. The molecule has 0 saturated carbocycles. The van der Waals surface area contributed by atoms with Gasteiger partial charge in [-0.05, 0) is 24.1 Å². The molecule has 1 aromatic carbocycles. The predicted molar refractivity (Wildman–Crippen MR) is 82.2 cm³/mol. The molecule has 2 aromatic rings. The number of halogens is 2. The van der Waals surface area contributed by atoms with Crippen LogP contribution in [0.4, 0.5) is 8.78 Å². The fourth-order valence-electron chi connectivity index (χ4n) is 2.74. The molecule has 5 nitrogen and oxygen atoms in total. The van der Waals surface area contributed by atoms with Crippen molar-refractivity contribution in [2.75, 3.05) is 6.61 Å². The van der Waals surface area contributed by atoms with E-state index in [0.29, 0.717) is 5.56 Å². The summed E-state index contributed by atoms with van der Waals surface area (Å²) in [5.74, 6) is 0.206. The minimum Gasteiger partial charge on any atom is -0.386 e. The van der Waals surface area contributed by atoms with Gasteiger partial charge in [0.15, 0.2) is 0 Å². The lowest BCUT2D eigenvalue weighted by Gasteiger charge is -2.37. The highest BCUT2D eigenvalue weighted by Crippen LogP contribution is 2.38. The largest absolute Gasteiger partial charge is 0.386 e. The number of nitrogens with two attached hydrogens (primary N) is 1. The van der Waals surface area contributed by atoms with E-state index in [0.717, 1.165) is 11.1 Å². The molecule has 0 fully saturated rings. The quantitative estimate of drug-likeness (QED) is 0.943. The Morgan fingerprint density at radius 2 is 2.00 bits per heavy atom. The van der Waals surface area contributed by atoms with Crippen molar-refractivity contribution in [1.29, 1.82) is 0 Å². The molecule has 120 valence electrons. The average Bonchev–Trinajstić information content (AvgIpc) is 2.55. The molecule has 3 rings (SSSR count). The number of aliphatic imine (C=N–C) groups is 1. The number of hydrogen-bond donors (Lipinski definition) is 1. The third-order valence-electron chi connectivity index (χ3n) is 3.91. The molecule has 1 aromatic heterocycles. The molecule has 0 bridgehead atoms. The molecule has 1 aliphatic heterocycles. The summed E-state index contributed by atoms with van der Waals surface area (Å²) in [6.45, 7) is 1.52. The molecule has 0 radical (unpaired) electrons. The molecule has 2 heterocycles. The molecular weight excluding hydrogens is 302 g/mol. The van der Waals surface area contributed by atoms with Gasteiger partial charge in [-0.3, -0.25) is 4.99 Å². The zero-order chi connectivity index (χ0) is 16.4. The molecule has 0 spiro atoms. The molecule has 1 aliphatic rings. The van der Waals surface area contributed by atoms with Crippen LogP contribution in [0.25, 0.3) is 11.1 Å². The Balaban J connectivity index is 2.07. The fourth-order valence-corrected chi connectivity index (χ4v) is 2.74. The zero-order valence-corrected chi connectivity index (χ0v) is 12.5. The van der Waals surface area contributed by atoms with Crippen LogP contribution in [0, 0.1) is 0 Å². The number of ether oxygens (including phenoxy) is 1. The summed E-state index contributed by atoms with van der Waals surface area (Å²) in [4.78, 5) is 12.2. The number of nitrogens with zero attached hydrogens (tertiary/aromatic N) is 3. The fraction of sp³-hybridized carbons (Fsp3) is 0.312. The predicted octanol–water partition coefficient (Wildman–Crippen LogP) is 2.38. The van der Waals surface area contributed by atoms with Gasteiger partial charge in [0.05, 0.1) is 0 Å². The van der Waals surface area contributed by atoms with Gasteiger partial charge < -0.3 is 10.5 Å². The Bertz CT molecular complexity index is 723. The normalized spacial score (nSPS) is 24.5. The molecule has 7 heteroatoms. The first-order valence-electron chi connectivity index (χ1n) is 7.10. The van der Waals surface area contributed by atoms with Crippen molar-refractivity contribution in [2.45, 2.75) is 25.0 Å². The summed E-state index contributed by atoms with van der Waals surface area (Å²) in [6, 6.07) is 7.18. The van der Waals surface area contributed by atoms with Gasteiger partial charge in [0, 0.05) is 18.0 Å². The van der Waals surface area contributed by atoms with Crippen LogP contribution in [-0.2, 0) is 10.3 Å². The van der Waals surface area contributed by atoms with Crippen LogP contribution in [0.15, 0.2) is 48.0 Å². The summed E-state index contributed by atoms with van der Waals surface area (Å²) >= 11 is 0. The van der Waals surface area contributed by atoms with Gasteiger partial charge >= 0.3 is 0 Å². The highest BCUT2D eigenvalue weighted by atomic mass is 19.3. The number of alkyl halides is 2. The van der Waals surface area contributed by atoms with Crippen molar-refractivity contribution in [3.63, 3.8) is 0 Å². The molecule has 0 amide bonds. The standard InChI is InChI=1S/C16H16F2N4O/c1-16(14(15(17)18)23-8-13(19)22-16)12-4-2-3-10(5-12)11-6-20-9-21-7-11/h2-7,9,14-15H,8H2,1H3,(H2,19,22)/t14-,16+/m0/s1. The number of aromatic nitrogens is 2. The third kappa shape index (κ3) is 2.92. The lowest BCUT2D eigenvalue weighted by molar-refractivity contribution is -0.0876. The first-order chi connectivity index (χ1) is 11.0. The van der Waals surface area contributed by atoms with E-state index in [1.54, 1.807) is 37.5 Å². The smallest absolute Gasteiger partial charge is 0.267 e. The summed E-state index contributed by atoms with van der Waals surface area (Å²) < 4.78 is 32.0. The van der Waals surface area contributed by atoms with Crippen molar-refractivity contribution in [1.82, 2.24) is 9.97 Å². The summed E-state index contributed by atoms with van der Waals surface area (Å²) in [6.07, 6.45) is 0.737. The van der Waals surface area contributed by atoms with Gasteiger partial charge in [-0.2, -0.15) is 0 Å². The lowest BCUT2D eigenvalue weighted by atomic mass is 9.84. The van der Waals surface area contributed by atoms with Crippen molar-refractivity contribution in [2.24, 2.45) is 10.7 Å². The first-order valence-corrected chi connectivity index (χ1v) is 7.10. The Labute approximate surface area is 132 Å². The van der Waals surface area contributed by atoms with Crippen LogP contribution in [0.2, 0.25) is 0 Å². The van der Waals surface area contributed by atoms with E-state index in [4.69, 9.17) is 10.5 Å². The van der Waals surface area contributed by atoms with Gasteiger partial charge in [0.25, 0.3) is 6.43 Å². The van der Waals surface area contributed by atoms with Crippen LogP contribution in [0.3, 0.4) is 0 Å². The first kappa shape index (κ1) is 15.5. The van der Waals surface area contributed by atoms with E-state index in [9.17, 15) is 8.78 Å². The number of benzene rings is 1. The molecule has 2 atom stereocenters. The number of rotatable bonds is 3. The summed E-state index contributed by atoms with van der Waals surface area (Å²) in [5, 5.41) is 0. The maximum Gasteiger partial charge on any atom is 0.267 e. The molecule has 2 N–H and O–H groups in total. The van der Waals surface area contributed by atoms with Gasteiger partial charge in [-0.1, -0.05) is 18.2 Å². The Kier molecular flexibility index (Phi) is 4.04. The van der Waals surface area contributed by atoms with Gasteiger partial charge in [-0.25, -0.2) is 18.7 Å². The van der Waals surface area contributed by atoms with Gasteiger partial charge in [0.1, 0.15) is 30.4 Å². The van der Waals surface area contributed by atoms with Gasteiger partial charge in [0.2, 0.25) is 0 Å². The van der Waals surface area contributed by atoms with E-state index < -0.39 is 18.1 Å². The van der Waals surface area contributed by atoms with E-state index in [1.807, 2.05) is 6.07 Å². The summed E-state index contributed by atoms with van der Waals surface area (Å²) in [5.41, 5.74) is 6.68. The minimum absolute atomic E-state index is 0.0865. The number of amidine groups is 1. The maximum atomic E-state index is 13.4. The van der Waals surface area contributed by atoms with Gasteiger partial charge in [-0.15, -0.1) is 0 Å². The Morgan fingerprint density at radius 1 is 1.26 bits per heavy atom. The highest BCUT2D eigenvalue weighted by molar-refractivity contribution is 5.83. The molecule has 23 heavy (non-hydrogen) atoms. The zero-order valence-electron chi connectivity index (χ0n) is 12.5. The lowest BCUT2D eigenvalue weighted by Crippen LogP contribution is -2.48. The van der Waals surface area contributed by atoms with Crippen LogP contribution < -0.4 is 5.73 Å². The number of hydrogen-bond acceptors (Lipinski definition) is 5. The van der Waals surface area contributed by atoms with Crippen molar-refractivity contribution < 1.29 is 13.5 Å². The molecule has 0 saturated heterocycles. The Hall–Kier alpha value is -2.41. The second kappa shape index (κ2) is 6.00. The monoisotopic (exact) mass is 318 g/mol. The van der Waals surface area contributed by atoms with Crippen LogP contribution >= 0.6 is 0 Å². The minimum atomic E-state index is -2.67. The second-order valence-corrected chi connectivity index (χ2v) is 5.52. The summed E-state index contributed by atoms with van der Waals surface area (Å²) in [7, 11) is 0. The van der Waals surface area contributed by atoms with Crippen LogP contribution in [0.5, 0.6) is 0 Å². The third-order valence-corrected chi connectivity index (χ3v) is 3.91. The van der Waals surface area contributed by atoms with Crippen molar-refractivity contribution >= 4 is 5.84 Å². The van der Waals surface area contributed by atoms with E-state index in [2.05, 4.69) is 15.0 Å². The van der Waals surface area contributed by atoms with E-state index in [-0.39, 0.29) is 12.4 Å². The van der Waals surface area contributed by atoms with E-state index in [1.165, 1.54) is 6.33 Å². The second-order valence-electron chi connectivity index (χ2n) is 5.52. The Morgan fingerprint density at radius 3 is 2.70 bits per heavy atom. The average molecular weight is 318 g/mol. The van der Waals surface area contributed by atoms with Crippen molar-refractivity contribution in [3.8, 4) is 11.1 Å². The molecule has 0 unspecified atom stereocenters. The molecule has 0 aliphatic carbocycles. The van der Waals surface area contributed by atoms with Crippen LogP contribution in [-0.4, -0.2) is 34.9 Å². The van der Waals surface area contributed by atoms with Crippen LogP contribution in [0.1, 0.15) is 12.5 Å². The highest BCUT2D eigenvalue weighted by Gasteiger charge is 2.45.